The molecule has 2 aromatic rings. The number of nitrogens with zero attached hydrogens (tertiary/aromatic N) is 1. The van der Waals surface area contributed by atoms with Crippen molar-refractivity contribution in [2.24, 2.45) is 0 Å². The van der Waals surface area contributed by atoms with E-state index in [-0.39, 0.29) is 18.3 Å². The van der Waals surface area contributed by atoms with E-state index in [0.29, 0.717) is 47.8 Å². The van der Waals surface area contributed by atoms with E-state index in [1.54, 1.807) is 12.1 Å². The van der Waals surface area contributed by atoms with Crippen molar-refractivity contribution in [2.45, 2.75) is 24.2 Å². The summed E-state index contributed by atoms with van der Waals surface area (Å²) in [6, 6.07) is 13.0. The van der Waals surface area contributed by atoms with Crippen LogP contribution in [0.5, 0.6) is 0 Å². The summed E-state index contributed by atoms with van der Waals surface area (Å²) >= 11 is 6.49. The summed E-state index contributed by atoms with van der Waals surface area (Å²) in [5.74, 6) is -0.619. The summed E-state index contributed by atoms with van der Waals surface area (Å²) in [6.45, 7) is 1.38. The Hall–Kier alpha value is -3.20. The molecule has 2 bridgehead atoms. The van der Waals surface area contributed by atoms with Gasteiger partial charge < -0.3 is 25.0 Å². The Kier molecular flexibility index (Phi) is 8.08. The van der Waals surface area contributed by atoms with Crippen LogP contribution in [0.1, 0.15) is 5.56 Å². The van der Waals surface area contributed by atoms with Crippen LogP contribution in [0.25, 0.3) is 0 Å². The molecule has 7 nitrogen and oxygen atoms in total. The number of anilines is 1. The van der Waals surface area contributed by atoms with Crippen molar-refractivity contribution >= 4 is 29.7 Å². The number of amides is 1. The third-order valence-corrected chi connectivity index (χ3v) is 6.76. The highest BCUT2D eigenvalue weighted by atomic mass is 35.5. The molecule has 3 atom stereocenters. The van der Waals surface area contributed by atoms with E-state index in [0.717, 1.165) is 5.56 Å². The Morgan fingerprint density at radius 3 is 2.69 bits per heavy atom. The van der Waals surface area contributed by atoms with Crippen molar-refractivity contribution in [3.8, 4) is 0 Å². The SMILES string of the molecule is CN(C)CCNC(=O)C1=C(COC=O)C2(C(Cc3ccccc3Cl)Nc3ccc(F)cc3)C=CC1O2. The summed E-state index contributed by atoms with van der Waals surface area (Å²) in [6.07, 6.45) is 3.58. The highest BCUT2D eigenvalue weighted by molar-refractivity contribution is 6.31. The van der Waals surface area contributed by atoms with Gasteiger partial charge in [0.15, 0.2) is 0 Å². The molecule has 0 spiro atoms. The number of carbonyl (C=O) groups is 2. The number of ether oxygens (including phenoxy) is 2. The number of fused-ring (bicyclic) bond motifs is 2. The van der Waals surface area contributed by atoms with Gasteiger partial charge in [0, 0.05) is 29.4 Å². The van der Waals surface area contributed by atoms with Gasteiger partial charge in [-0.2, -0.15) is 0 Å². The minimum absolute atomic E-state index is 0.106. The highest BCUT2D eigenvalue weighted by Crippen LogP contribution is 2.47. The summed E-state index contributed by atoms with van der Waals surface area (Å²) in [5.41, 5.74) is 1.45. The van der Waals surface area contributed by atoms with Crippen molar-refractivity contribution in [3.63, 3.8) is 0 Å². The van der Waals surface area contributed by atoms with Crippen molar-refractivity contribution in [3.05, 3.63) is 88.2 Å². The van der Waals surface area contributed by atoms with Crippen LogP contribution in [0.2, 0.25) is 5.02 Å². The van der Waals surface area contributed by atoms with E-state index in [4.69, 9.17) is 21.1 Å². The number of hydrogen-bond donors (Lipinski definition) is 2. The molecule has 9 heteroatoms. The maximum Gasteiger partial charge on any atom is 0.293 e. The van der Waals surface area contributed by atoms with Gasteiger partial charge in [0.25, 0.3) is 6.47 Å². The Morgan fingerprint density at radius 1 is 1.25 bits per heavy atom. The van der Waals surface area contributed by atoms with Crippen LogP contribution in [-0.2, 0) is 25.5 Å². The average molecular weight is 514 g/mol. The number of nitrogens with one attached hydrogen (secondary N) is 2. The zero-order chi connectivity index (χ0) is 25.7. The van der Waals surface area contributed by atoms with Crippen LogP contribution in [-0.4, -0.2) is 68.8 Å². The van der Waals surface area contributed by atoms with Crippen molar-refractivity contribution in [1.29, 1.82) is 0 Å². The predicted molar refractivity (Wildman–Crippen MR) is 136 cm³/mol. The highest BCUT2D eigenvalue weighted by Gasteiger charge is 2.55. The molecular formula is C27H29ClFN3O4. The number of halogens is 2. The first kappa shape index (κ1) is 25.9. The van der Waals surface area contributed by atoms with Gasteiger partial charge in [0.1, 0.15) is 24.1 Å². The number of hydrogen-bond acceptors (Lipinski definition) is 6. The lowest BCUT2D eigenvalue weighted by atomic mass is 9.79. The standard InChI is InChI=1S/C27H29ClFN3O4/c1-32(2)14-13-30-26(34)25-21(16-35-17-33)27(12-11-23(25)36-27)24(15-18-5-3-4-6-22(18)28)31-20-9-7-19(29)8-10-20/h3-12,17,23-24,31H,13-16H2,1-2H3,(H,30,34). The predicted octanol–water partition coefficient (Wildman–Crippen LogP) is 3.36. The van der Waals surface area contributed by atoms with Crippen LogP contribution in [0.15, 0.2) is 71.8 Å². The maximum absolute atomic E-state index is 13.6. The molecule has 0 saturated carbocycles. The third kappa shape index (κ3) is 5.46. The zero-order valence-corrected chi connectivity index (χ0v) is 20.9. The Balaban J connectivity index is 1.73. The fourth-order valence-electron chi connectivity index (χ4n) is 4.64. The summed E-state index contributed by atoms with van der Waals surface area (Å²) in [7, 11) is 3.85. The zero-order valence-electron chi connectivity index (χ0n) is 20.2. The molecule has 2 aromatic carbocycles. The van der Waals surface area contributed by atoms with Crippen LogP contribution < -0.4 is 10.6 Å². The van der Waals surface area contributed by atoms with Crippen LogP contribution >= 0.6 is 11.6 Å². The molecular weight excluding hydrogens is 485 g/mol. The van der Waals surface area contributed by atoms with Gasteiger partial charge in [-0.25, -0.2) is 4.39 Å². The molecule has 2 N–H and O–H groups in total. The second-order valence-electron chi connectivity index (χ2n) is 9.05. The topological polar surface area (TPSA) is 79.9 Å². The molecule has 2 heterocycles. The Bertz CT molecular complexity index is 1170. The van der Waals surface area contributed by atoms with Crippen molar-refractivity contribution in [2.75, 3.05) is 39.1 Å². The Morgan fingerprint density at radius 2 is 2.00 bits per heavy atom. The van der Waals surface area contributed by atoms with Gasteiger partial charge in [-0.05, 0) is 62.5 Å². The van der Waals surface area contributed by atoms with Crippen LogP contribution in [0.3, 0.4) is 0 Å². The molecule has 0 aromatic heterocycles. The molecule has 3 unspecified atom stereocenters. The first-order valence-electron chi connectivity index (χ1n) is 11.7. The number of benzene rings is 2. The summed E-state index contributed by atoms with van der Waals surface area (Å²) < 4.78 is 25.2. The molecule has 0 radical (unpaired) electrons. The minimum atomic E-state index is -1.09. The van der Waals surface area contributed by atoms with Gasteiger partial charge in [0.05, 0.1) is 11.6 Å². The van der Waals surface area contributed by atoms with Crippen molar-refractivity contribution in [1.82, 2.24) is 10.2 Å². The van der Waals surface area contributed by atoms with E-state index in [1.165, 1.54) is 12.1 Å². The molecule has 2 aliphatic heterocycles. The van der Waals surface area contributed by atoms with Gasteiger partial charge in [-0.3, -0.25) is 9.59 Å². The van der Waals surface area contributed by atoms with Crippen molar-refractivity contribution < 1.29 is 23.5 Å². The Labute approximate surface area is 214 Å². The van der Waals surface area contributed by atoms with Gasteiger partial charge >= 0.3 is 0 Å². The number of rotatable bonds is 12. The van der Waals surface area contributed by atoms with E-state index < -0.39 is 17.7 Å². The second kappa shape index (κ2) is 11.2. The van der Waals surface area contributed by atoms with Gasteiger partial charge in [-0.15, -0.1) is 0 Å². The number of carbonyl (C=O) groups excluding carboxylic acids is 2. The van der Waals surface area contributed by atoms with E-state index in [9.17, 15) is 14.0 Å². The van der Waals surface area contributed by atoms with E-state index >= 15 is 0 Å². The van der Waals surface area contributed by atoms with Gasteiger partial charge in [0.2, 0.25) is 5.91 Å². The van der Waals surface area contributed by atoms with Crippen LogP contribution in [0.4, 0.5) is 10.1 Å². The van der Waals surface area contributed by atoms with Gasteiger partial charge in [-0.1, -0.05) is 35.9 Å². The van der Waals surface area contributed by atoms with E-state index in [2.05, 4.69) is 10.6 Å². The minimum Gasteiger partial charge on any atom is -0.463 e. The second-order valence-corrected chi connectivity index (χ2v) is 9.46. The first-order valence-corrected chi connectivity index (χ1v) is 12.1. The van der Waals surface area contributed by atoms with Crippen LogP contribution in [0, 0.1) is 5.82 Å². The molecule has 36 heavy (non-hydrogen) atoms. The monoisotopic (exact) mass is 513 g/mol. The first-order chi connectivity index (χ1) is 17.3. The smallest absolute Gasteiger partial charge is 0.293 e. The fourth-order valence-corrected chi connectivity index (χ4v) is 4.85. The number of likely N-dealkylation sites (N-methyl/N-ethyl adjacent to an activating group) is 1. The maximum atomic E-state index is 13.6. The largest absolute Gasteiger partial charge is 0.463 e. The molecule has 2 aliphatic rings. The third-order valence-electron chi connectivity index (χ3n) is 6.39. The lowest BCUT2D eigenvalue weighted by Gasteiger charge is -2.37. The lowest BCUT2D eigenvalue weighted by molar-refractivity contribution is -0.128. The fraction of sp³-hybridized carbons (Fsp3) is 0.333. The summed E-state index contributed by atoms with van der Waals surface area (Å²) in [4.78, 5) is 26.3. The summed E-state index contributed by atoms with van der Waals surface area (Å²) in [5, 5.41) is 6.98. The quantitative estimate of drug-likeness (QED) is 0.335. The molecule has 0 fully saturated rings. The molecule has 190 valence electrons. The normalized spacial score (nSPS) is 21.1. The van der Waals surface area contributed by atoms with E-state index in [1.807, 2.05) is 55.4 Å². The molecule has 0 aliphatic carbocycles. The molecule has 0 saturated heterocycles. The average Bonchev–Trinajstić information content (AvgIpc) is 3.42. The molecule has 4 rings (SSSR count). The molecule has 1 amide bonds. The lowest BCUT2D eigenvalue weighted by Crippen LogP contribution is -2.49.